The van der Waals surface area contributed by atoms with E-state index in [1.54, 1.807) is 0 Å². The van der Waals surface area contributed by atoms with Gasteiger partial charge >= 0.3 is 0 Å². The van der Waals surface area contributed by atoms with Crippen molar-refractivity contribution < 1.29 is 8.78 Å². The molecule has 0 N–H and O–H groups in total. The molecular weight excluding hydrogens is 336 g/mol. The van der Waals surface area contributed by atoms with Crippen molar-refractivity contribution in [3.05, 3.63) is 23.7 Å². The standard InChI is InChI=1S/C19H25F2N5/c1-12-22-23-18-5-4-17(24-26(12)18)14-6-8-25(9-7-14)11-13-2-3-15-16(10-13)19(15,20)21/h4-5,13-16H,2-3,6-11H2,1H3. The number of rotatable bonds is 3. The zero-order valence-corrected chi connectivity index (χ0v) is 15.1. The van der Waals surface area contributed by atoms with Crippen LogP contribution in [0.3, 0.4) is 0 Å². The van der Waals surface area contributed by atoms with Gasteiger partial charge in [-0.05, 0) is 70.2 Å². The molecule has 3 unspecified atom stereocenters. The van der Waals surface area contributed by atoms with Crippen molar-refractivity contribution in [1.82, 2.24) is 24.7 Å². The molecule has 5 nitrogen and oxygen atoms in total. The number of hydrogen-bond donors (Lipinski definition) is 0. The van der Waals surface area contributed by atoms with Crippen LogP contribution in [0.2, 0.25) is 0 Å². The molecule has 2 aromatic rings. The average molecular weight is 361 g/mol. The van der Waals surface area contributed by atoms with E-state index in [0.29, 0.717) is 11.8 Å². The van der Waals surface area contributed by atoms with E-state index in [1.807, 2.05) is 17.5 Å². The van der Waals surface area contributed by atoms with Gasteiger partial charge in [-0.3, -0.25) is 0 Å². The molecule has 2 aliphatic carbocycles. The quantitative estimate of drug-likeness (QED) is 0.842. The highest BCUT2D eigenvalue weighted by Crippen LogP contribution is 2.63. The van der Waals surface area contributed by atoms with Crippen molar-refractivity contribution in [2.45, 2.75) is 50.9 Å². The molecule has 140 valence electrons. The number of alkyl halides is 2. The second kappa shape index (κ2) is 5.94. The molecule has 1 saturated heterocycles. The highest BCUT2D eigenvalue weighted by molar-refractivity contribution is 5.36. The number of hydrogen-bond acceptors (Lipinski definition) is 4. The Bertz CT molecular complexity index is 811. The van der Waals surface area contributed by atoms with Gasteiger partial charge in [-0.25, -0.2) is 8.78 Å². The van der Waals surface area contributed by atoms with Crippen molar-refractivity contribution >= 4 is 5.65 Å². The third kappa shape index (κ3) is 2.71. The van der Waals surface area contributed by atoms with Crippen LogP contribution in [0.1, 0.15) is 49.5 Å². The summed E-state index contributed by atoms with van der Waals surface area (Å²) in [4.78, 5) is 2.48. The fourth-order valence-corrected chi connectivity index (χ4v) is 5.14. The van der Waals surface area contributed by atoms with Crippen molar-refractivity contribution in [2.75, 3.05) is 19.6 Å². The summed E-state index contributed by atoms with van der Waals surface area (Å²) < 4.78 is 29.0. The Morgan fingerprint density at radius 3 is 2.65 bits per heavy atom. The molecule has 5 rings (SSSR count). The molecule has 26 heavy (non-hydrogen) atoms. The number of fused-ring (bicyclic) bond motifs is 2. The maximum Gasteiger partial charge on any atom is 0.254 e. The van der Waals surface area contributed by atoms with Crippen LogP contribution in [-0.2, 0) is 0 Å². The predicted molar refractivity (Wildman–Crippen MR) is 93.2 cm³/mol. The molecule has 3 atom stereocenters. The van der Waals surface area contributed by atoms with Crippen molar-refractivity contribution in [3.63, 3.8) is 0 Å². The molecule has 2 aromatic heterocycles. The third-order valence-corrected chi connectivity index (χ3v) is 6.80. The Hall–Kier alpha value is -1.63. The van der Waals surface area contributed by atoms with E-state index in [4.69, 9.17) is 5.10 Å². The maximum absolute atomic E-state index is 13.6. The SMILES string of the molecule is Cc1nnc2ccc(C3CCN(CC4CCC5C(C4)C5(F)F)CC3)nn12. The second-order valence-corrected chi connectivity index (χ2v) is 8.42. The Balaban J connectivity index is 1.18. The molecule has 3 heterocycles. The molecule has 2 saturated carbocycles. The van der Waals surface area contributed by atoms with Crippen molar-refractivity contribution in [3.8, 4) is 0 Å². The Morgan fingerprint density at radius 1 is 1.08 bits per heavy atom. The van der Waals surface area contributed by atoms with Crippen LogP contribution in [-0.4, -0.2) is 50.3 Å². The third-order valence-electron chi connectivity index (χ3n) is 6.80. The lowest BCUT2D eigenvalue weighted by atomic mass is 9.87. The second-order valence-electron chi connectivity index (χ2n) is 8.42. The van der Waals surface area contributed by atoms with Gasteiger partial charge in [0.2, 0.25) is 0 Å². The van der Waals surface area contributed by atoms with Crippen molar-refractivity contribution in [1.29, 1.82) is 0 Å². The van der Waals surface area contributed by atoms with E-state index in [9.17, 15) is 8.78 Å². The lowest BCUT2D eigenvalue weighted by molar-refractivity contribution is 0.0834. The van der Waals surface area contributed by atoms with Gasteiger partial charge in [0.25, 0.3) is 5.92 Å². The molecular formula is C19H25F2N5. The van der Waals surface area contributed by atoms with Crippen LogP contribution in [0, 0.1) is 24.7 Å². The van der Waals surface area contributed by atoms with E-state index in [0.717, 1.165) is 68.9 Å². The Morgan fingerprint density at radius 2 is 1.88 bits per heavy atom. The molecule has 0 radical (unpaired) electrons. The summed E-state index contributed by atoms with van der Waals surface area (Å²) in [5.41, 5.74) is 1.90. The lowest BCUT2D eigenvalue weighted by Gasteiger charge is -2.34. The van der Waals surface area contributed by atoms with Gasteiger partial charge in [0.15, 0.2) is 11.5 Å². The van der Waals surface area contributed by atoms with Crippen LogP contribution in [0.5, 0.6) is 0 Å². The molecule has 0 bridgehead atoms. The number of halogens is 2. The minimum absolute atomic E-state index is 0.299. The Labute approximate surface area is 151 Å². The lowest BCUT2D eigenvalue weighted by Crippen LogP contribution is -2.37. The van der Waals surface area contributed by atoms with Gasteiger partial charge in [0.05, 0.1) is 5.69 Å². The smallest absolute Gasteiger partial charge is 0.254 e. The molecule has 0 aromatic carbocycles. The molecule has 3 aliphatic rings. The molecule has 7 heteroatoms. The summed E-state index contributed by atoms with van der Waals surface area (Å²) in [5.74, 6) is -1.25. The minimum atomic E-state index is -2.35. The molecule has 3 fully saturated rings. The van der Waals surface area contributed by atoms with Gasteiger partial charge in [-0.15, -0.1) is 10.2 Å². The van der Waals surface area contributed by atoms with E-state index in [-0.39, 0.29) is 11.8 Å². The maximum atomic E-state index is 13.6. The summed E-state index contributed by atoms with van der Waals surface area (Å²) >= 11 is 0. The van der Waals surface area contributed by atoms with Crippen LogP contribution >= 0.6 is 0 Å². The zero-order chi connectivity index (χ0) is 17.9. The average Bonchev–Trinajstić information content (AvgIpc) is 3.00. The highest BCUT2D eigenvalue weighted by atomic mass is 19.3. The van der Waals surface area contributed by atoms with Gasteiger partial charge in [-0.2, -0.15) is 9.61 Å². The predicted octanol–water partition coefficient (Wildman–Crippen LogP) is 3.29. The minimum Gasteiger partial charge on any atom is -0.303 e. The first-order chi connectivity index (χ1) is 12.5. The summed E-state index contributed by atoms with van der Waals surface area (Å²) in [6, 6.07) is 4.06. The van der Waals surface area contributed by atoms with E-state index < -0.39 is 5.92 Å². The van der Waals surface area contributed by atoms with Crippen LogP contribution in [0.15, 0.2) is 12.1 Å². The topological polar surface area (TPSA) is 46.3 Å². The fraction of sp³-hybridized carbons (Fsp3) is 0.737. The first-order valence-electron chi connectivity index (χ1n) is 9.81. The summed E-state index contributed by atoms with van der Waals surface area (Å²) in [6.07, 6.45) is 4.58. The first-order valence-corrected chi connectivity index (χ1v) is 9.81. The monoisotopic (exact) mass is 361 g/mol. The van der Waals surface area contributed by atoms with E-state index in [1.165, 1.54) is 0 Å². The molecule has 1 aliphatic heterocycles. The van der Waals surface area contributed by atoms with E-state index >= 15 is 0 Å². The van der Waals surface area contributed by atoms with Crippen LogP contribution in [0.25, 0.3) is 5.65 Å². The van der Waals surface area contributed by atoms with Crippen LogP contribution < -0.4 is 0 Å². The summed E-state index contributed by atoms with van der Waals surface area (Å²) in [7, 11) is 0. The summed E-state index contributed by atoms with van der Waals surface area (Å²) in [5, 5.41) is 12.9. The number of nitrogens with zero attached hydrogens (tertiary/aromatic N) is 5. The number of likely N-dealkylation sites (tertiary alicyclic amines) is 1. The molecule has 0 amide bonds. The highest BCUT2D eigenvalue weighted by Gasteiger charge is 2.68. The van der Waals surface area contributed by atoms with Gasteiger partial charge < -0.3 is 4.90 Å². The number of aryl methyl sites for hydroxylation is 1. The number of piperidine rings is 1. The van der Waals surface area contributed by atoms with Gasteiger partial charge in [0.1, 0.15) is 0 Å². The van der Waals surface area contributed by atoms with Crippen LogP contribution in [0.4, 0.5) is 8.78 Å². The normalized spacial score (nSPS) is 31.9. The van der Waals surface area contributed by atoms with E-state index in [2.05, 4.69) is 21.2 Å². The van der Waals surface area contributed by atoms with Crippen molar-refractivity contribution in [2.24, 2.45) is 17.8 Å². The molecule has 0 spiro atoms. The first kappa shape index (κ1) is 16.5. The number of aromatic nitrogens is 4. The summed E-state index contributed by atoms with van der Waals surface area (Å²) in [6.45, 7) is 4.97. The largest absolute Gasteiger partial charge is 0.303 e. The fourth-order valence-electron chi connectivity index (χ4n) is 5.14. The van der Waals surface area contributed by atoms with Gasteiger partial charge in [0, 0.05) is 24.3 Å². The Kier molecular flexibility index (Phi) is 3.78. The zero-order valence-electron chi connectivity index (χ0n) is 15.1. The van der Waals surface area contributed by atoms with Gasteiger partial charge in [-0.1, -0.05) is 0 Å².